The summed E-state index contributed by atoms with van der Waals surface area (Å²) in [5.74, 6) is 0. The number of nitriles is 1. The minimum absolute atomic E-state index is 0.130. The largest absolute Gasteiger partial charge is 0.372 e. The van der Waals surface area contributed by atoms with Gasteiger partial charge >= 0.3 is 0 Å². The van der Waals surface area contributed by atoms with E-state index in [0.717, 1.165) is 6.42 Å². The van der Waals surface area contributed by atoms with Crippen molar-refractivity contribution in [1.82, 2.24) is 0 Å². The fourth-order valence-corrected chi connectivity index (χ4v) is 2.42. The average molecular weight is 227 g/mol. The van der Waals surface area contributed by atoms with E-state index >= 15 is 0 Å². The summed E-state index contributed by atoms with van der Waals surface area (Å²) in [6, 6.07) is 10.6. The zero-order valence-corrected chi connectivity index (χ0v) is 10.4. The Labute approximate surface area is 103 Å². The fourth-order valence-electron chi connectivity index (χ4n) is 2.42. The van der Waals surface area contributed by atoms with Gasteiger partial charge in [-0.15, -0.1) is 0 Å². The van der Waals surface area contributed by atoms with Gasteiger partial charge in [0.25, 0.3) is 0 Å². The van der Waals surface area contributed by atoms with E-state index < -0.39 is 0 Å². The molecule has 0 saturated carbocycles. The highest BCUT2D eigenvalue weighted by Crippen LogP contribution is 2.36. The summed E-state index contributed by atoms with van der Waals surface area (Å²) in [5, 5.41) is 8.55. The lowest BCUT2D eigenvalue weighted by Crippen LogP contribution is -2.13. The van der Waals surface area contributed by atoms with Crippen LogP contribution in [0, 0.1) is 11.3 Å². The molecule has 0 fully saturated rings. The van der Waals surface area contributed by atoms with E-state index in [1.54, 1.807) is 0 Å². The number of nitrogens with zero attached hydrogens (tertiary/aromatic N) is 1. The first kappa shape index (κ1) is 11.9. The van der Waals surface area contributed by atoms with Gasteiger partial charge in [0, 0.05) is 6.42 Å². The van der Waals surface area contributed by atoms with Crippen LogP contribution in [0.5, 0.6) is 0 Å². The summed E-state index contributed by atoms with van der Waals surface area (Å²) < 4.78 is 5.82. The van der Waals surface area contributed by atoms with Gasteiger partial charge in [0.2, 0.25) is 0 Å². The Morgan fingerprint density at radius 1 is 1.41 bits per heavy atom. The Morgan fingerprint density at radius 2 is 2.18 bits per heavy atom. The Hall–Kier alpha value is -1.59. The summed E-state index contributed by atoms with van der Waals surface area (Å²) >= 11 is 0. The van der Waals surface area contributed by atoms with E-state index in [4.69, 9.17) is 10.00 Å². The summed E-state index contributed by atoms with van der Waals surface area (Å²) in [4.78, 5) is 0. The molecule has 0 saturated heterocycles. The molecule has 1 aromatic carbocycles. The van der Waals surface area contributed by atoms with E-state index in [0.29, 0.717) is 13.0 Å². The van der Waals surface area contributed by atoms with Gasteiger partial charge in [-0.2, -0.15) is 5.26 Å². The van der Waals surface area contributed by atoms with E-state index in [2.05, 4.69) is 44.2 Å². The summed E-state index contributed by atoms with van der Waals surface area (Å²) in [6.45, 7) is 4.77. The highest BCUT2D eigenvalue weighted by atomic mass is 16.5. The molecule has 0 amide bonds. The predicted octanol–water partition coefficient (Wildman–Crippen LogP) is 3.33. The number of ether oxygens (including phenoxy) is 1. The van der Waals surface area contributed by atoms with Crippen molar-refractivity contribution in [1.29, 1.82) is 5.26 Å². The van der Waals surface area contributed by atoms with E-state index in [-0.39, 0.29) is 6.10 Å². The Kier molecular flexibility index (Phi) is 3.61. The van der Waals surface area contributed by atoms with Gasteiger partial charge in [0.1, 0.15) is 0 Å². The van der Waals surface area contributed by atoms with Crippen molar-refractivity contribution in [2.75, 3.05) is 6.61 Å². The average Bonchev–Trinajstić information content (AvgIpc) is 2.67. The normalized spacial score (nSPS) is 17.7. The smallest absolute Gasteiger partial charge is 0.0871 e. The third-order valence-corrected chi connectivity index (χ3v) is 3.11. The fraction of sp³-hybridized carbons (Fsp3) is 0.400. The van der Waals surface area contributed by atoms with Crippen LogP contribution >= 0.6 is 0 Å². The van der Waals surface area contributed by atoms with Crippen LogP contribution in [-0.4, -0.2) is 12.7 Å². The molecule has 1 aliphatic carbocycles. The SMILES string of the molecule is CC(C)=C1c2ccccc2CC1OCCC#N. The number of rotatable bonds is 3. The topological polar surface area (TPSA) is 33.0 Å². The van der Waals surface area contributed by atoms with Crippen LogP contribution in [0.1, 0.15) is 31.4 Å². The lowest BCUT2D eigenvalue weighted by molar-refractivity contribution is 0.1000. The standard InChI is InChI=1S/C15H17NO/c1-11(2)15-13-7-4-3-6-12(13)10-14(15)17-9-5-8-16/h3-4,6-7,14H,5,9-10H2,1-2H3. The molecule has 0 N–H and O–H groups in total. The highest BCUT2D eigenvalue weighted by Gasteiger charge is 2.27. The van der Waals surface area contributed by atoms with Gasteiger partial charge in [-0.25, -0.2) is 0 Å². The molecule has 1 aromatic rings. The number of hydrogen-bond acceptors (Lipinski definition) is 2. The molecular formula is C15H17NO. The lowest BCUT2D eigenvalue weighted by Gasteiger charge is -2.14. The van der Waals surface area contributed by atoms with Gasteiger partial charge in [-0.05, 0) is 30.5 Å². The van der Waals surface area contributed by atoms with Gasteiger partial charge in [-0.3, -0.25) is 0 Å². The van der Waals surface area contributed by atoms with E-state index in [9.17, 15) is 0 Å². The molecule has 0 aromatic heterocycles. The molecule has 2 rings (SSSR count). The molecule has 2 heteroatoms. The van der Waals surface area contributed by atoms with Crippen LogP contribution in [0.4, 0.5) is 0 Å². The van der Waals surface area contributed by atoms with Crippen molar-refractivity contribution >= 4 is 5.57 Å². The molecule has 0 bridgehead atoms. The van der Waals surface area contributed by atoms with E-state index in [1.807, 2.05) is 0 Å². The quantitative estimate of drug-likeness (QED) is 0.742. The van der Waals surface area contributed by atoms with Crippen LogP contribution in [0.15, 0.2) is 29.8 Å². The van der Waals surface area contributed by atoms with Gasteiger partial charge in [0.05, 0.1) is 25.2 Å². The second kappa shape index (κ2) is 5.16. The first-order valence-corrected chi connectivity index (χ1v) is 5.98. The predicted molar refractivity (Wildman–Crippen MR) is 68.4 cm³/mol. The van der Waals surface area contributed by atoms with Crippen LogP contribution in [-0.2, 0) is 11.2 Å². The maximum absolute atomic E-state index is 8.55. The zero-order valence-electron chi connectivity index (χ0n) is 10.4. The van der Waals surface area contributed by atoms with Crippen molar-refractivity contribution in [3.8, 4) is 6.07 Å². The van der Waals surface area contributed by atoms with Crippen molar-refractivity contribution < 1.29 is 4.74 Å². The molecule has 1 atom stereocenters. The minimum atomic E-state index is 0.130. The molecule has 17 heavy (non-hydrogen) atoms. The van der Waals surface area contributed by atoms with Crippen molar-refractivity contribution in [3.63, 3.8) is 0 Å². The van der Waals surface area contributed by atoms with Gasteiger partial charge in [0.15, 0.2) is 0 Å². The monoisotopic (exact) mass is 227 g/mol. The molecule has 2 nitrogen and oxygen atoms in total. The minimum Gasteiger partial charge on any atom is -0.372 e. The van der Waals surface area contributed by atoms with Crippen LogP contribution < -0.4 is 0 Å². The number of hydrogen-bond donors (Lipinski definition) is 0. The number of fused-ring (bicyclic) bond motifs is 1. The molecule has 0 radical (unpaired) electrons. The summed E-state index contributed by atoms with van der Waals surface area (Å²) in [6.07, 6.45) is 1.52. The first-order chi connectivity index (χ1) is 8.24. The lowest BCUT2D eigenvalue weighted by atomic mass is 10.0. The second-order valence-electron chi connectivity index (χ2n) is 4.54. The Balaban J connectivity index is 2.23. The molecular weight excluding hydrogens is 210 g/mol. The molecule has 1 aliphatic rings. The number of benzene rings is 1. The molecule has 1 unspecified atom stereocenters. The molecule has 0 spiro atoms. The van der Waals surface area contributed by atoms with E-state index in [1.165, 1.54) is 22.3 Å². The van der Waals surface area contributed by atoms with Crippen LogP contribution in [0.25, 0.3) is 5.57 Å². The summed E-state index contributed by atoms with van der Waals surface area (Å²) in [7, 11) is 0. The summed E-state index contributed by atoms with van der Waals surface area (Å²) in [5.41, 5.74) is 5.27. The van der Waals surface area contributed by atoms with Gasteiger partial charge in [-0.1, -0.05) is 29.8 Å². The van der Waals surface area contributed by atoms with Crippen molar-refractivity contribution in [2.45, 2.75) is 32.8 Å². The zero-order chi connectivity index (χ0) is 12.3. The maximum Gasteiger partial charge on any atom is 0.0871 e. The van der Waals surface area contributed by atoms with Crippen molar-refractivity contribution in [3.05, 3.63) is 41.0 Å². The number of allylic oxidation sites excluding steroid dienone is 1. The third kappa shape index (κ3) is 2.40. The molecule has 88 valence electrons. The maximum atomic E-state index is 8.55. The van der Waals surface area contributed by atoms with Crippen LogP contribution in [0.3, 0.4) is 0 Å². The highest BCUT2D eigenvalue weighted by molar-refractivity contribution is 5.77. The Morgan fingerprint density at radius 3 is 2.88 bits per heavy atom. The Bertz CT molecular complexity index is 478. The van der Waals surface area contributed by atoms with Crippen molar-refractivity contribution in [2.24, 2.45) is 0 Å². The van der Waals surface area contributed by atoms with Gasteiger partial charge < -0.3 is 4.74 Å². The molecule has 0 aliphatic heterocycles. The molecule has 0 heterocycles. The van der Waals surface area contributed by atoms with Crippen LogP contribution in [0.2, 0.25) is 0 Å². The third-order valence-electron chi connectivity index (χ3n) is 3.11. The second-order valence-corrected chi connectivity index (χ2v) is 4.54. The first-order valence-electron chi connectivity index (χ1n) is 5.98.